The zero-order chi connectivity index (χ0) is 22.0. The zero-order valence-electron chi connectivity index (χ0n) is 17.1. The van der Waals surface area contributed by atoms with E-state index in [4.69, 9.17) is 16.3 Å². The van der Waals surface area contributed by atoms with Gasteiger partial charge in [0.15, 0.2) is 6.61 Å². The van der Waals surface area contributed by atoms with Crippen LogP contribution in [0.1, 0.15) is 28.5 Å². The highest BCUT2D eigenvalue weighted by Gasteiger charge is 2.34. The fraction of sp³-hybridized carbons (Fsp3) is 0.273. The number of aryl methyl sites for hydroxylation is 2. The maximum atomic E-state index is 12.6. The van der Waals surface area contributed by atoms with E-state index in [9.17, 15) is 9.59 Å². The molecule has 0 radical (unpaired) electrons. The van der Waals surface area contributed by atoms with E-state index in [-0.39, 0.29) is 24.3 Å². The number of nitrogens with one attached hydrogen (secondary N) is 1. The van der Waals surface area contributed by atoms with Crippen molar-refractivity contribution >= 4 is 45.6 Å². The predicted molar refractivity (Wildman–Crippen MR) is 121 cm³/mol. The molecule has 1 N–H and O–H groups in total. The van der Waals surface area contributed by atoms with Crippen LogP contribution in [0.3, 0.4) is 0 Å². The third kappa shape index (κ3) is 5.03. The van der Waals surface area contributed by atoms with Crippen LogP contribution in [0.4, 0.5) is 10.8 Å². The first kappa shape index (κ1) is 21.3. The summed E-state index contributed by atoms with van der Waals surface area (Å²) in [7, 11) is 0. The Kier molecular flexibility index (Phi) is 6.20. The van der Waals surface area contributed by atoms with Crippen molar-refractivity contribution < 1.29 is 14.3 Å². The Morgan fingerprint density at radius 3 is 2.71 bits per heavy atom. The number of nitrogens with zero attached hydrogens (tertiary/aromatic N) is 3. The van der Waals surface area contributed by atoms with Crippen LogP contribution in [-0.2, 0) is 9.59 Å². The zero-order valence-corrected chi connectivity index (χ0v) is 18.7. The van der Waals surface area contributed by atoms with Gasteiger partial charge in [0.1, 0.15) is 10.8 Å². The SMILES string of the molecule is Cc1ccc(N2C[C@H](c3nnc(NC(=O)COc4ccc(Cl)cc4)s3)CC2=O)cc1C. The number of carbonyl (C=O) groups excluding carboxylic acids is 2. The van der Waals surface area contributed by atoms with E-state index in [2.05, 4.69) is 15.5 Å². The van der Waals surface area contributed by atoms with E-state index in [1.54, 1.807) is 29.2 Å². The lowest BCUT2D eigenvalue weighted by Crippen LogP contribution is -2.24. The Hall–Kier alpha value is -2.97. The Morgan fingerprint density at radius 1 is 1.19 bits per heavy atom. The third-order valence-corrected chi connectivity index (χ3v) is 6.40. The number of benzene rings is 2. The maximum Gasteiger partial charge on any atom is 0.264 e. The molecule has 0 saturated carbocycles. The summed E-state index contributed by atoms with van der Waals surface area (Å²) in [6, 6.07) is 12.8. The van der Waals surface area contributed by atoms with Gasteiger partial charge in [0, 0.05) is 29.6 Å². The van der Waals surface area contributed by atoms with Crippen molar-refractivity contribution in [2.45, 2.75) is 26.2 Å². The molecule has 0 aliphatic carbocycles. The molecule has 0 spiro atoms. The molecule has 0 unspecified atom stereocenters. The molecule has 1 aromatic heterocycles. The fourth-order valence-electron chi connectivity index (χ4n) is 3.30. The number of hydrogen-bond acceptors (Lipinski definition) is 6. The van der Waals surface area contributed by atoms with Gasteiger partial charge in [-0.05, 0) is 61.4 Å². The number of halogens is 1. The smallest absolute Gasteiger partial charge is 0.264 e. The van der Waals surface area contributed by atoms with E-state index in [1.807, 2.05) is 32.0 Å². The third-order valence-electron chi connectivity index (χ3n) is 5.15. The van der Waals surface area contributed by atoms with Gasteiger partial charge in [-0.25, -0.2) is 0 Å². The average molecular weight is 457 g/mol. The van der Waals surface area contributed by atoms with Gasteiger partial charge in [-0.3, -0.25) is 14.9 Å². The maximum absolute atomic E-state index is 12.6. The molecule has 2 heterocycles. The largest absolute Gasteiger partial charge is 0.484 e. The minimum Gasteiger partial charge on any atom is -0.484 e. The predicted octanol–water partition coefficient (Wildman–Crippen LogP) is 4.35. The molecule has 2 aromatic carbocycles. The van der Waals surface area contributed by atoms with Crippen molar-refractivity contribution in [1.82, 2.24) is 10.2 Å². The minimum absolute atomic E-state index is 0.0532. The first-order valence-electron chi connectivity index (χ1n) is 9.78. The van der Waals surface area contributed by atoms with Crippen LogP contribution in [-0.4, -0.2) is 35.2 Å². The Morgan fingerprint density at radius 2 is 1.97 bits per heavy atom. The summed E-state index contributed by atoms with van der Waals surface area (Å²) in [5.41, 5.74) is 3.24. The van der Waals surface area contributed by atoms with Gasteiger partial charge in [-0.15, -0.1) is 10.2 Å². The molecular formula is C22H21ClN4O3S. The molecule has 0 bridgehead atoms. The summed E-state index contributed by atoms with van der Waals surface area (Å²) >= 11 is 7.11. The number of anilines is 2. The van der Waals surface area contributed by atoms with E-state index in [0.29, 0.717) is 28.9 Å². The number of aromatic nitrogens is 2. The molecule has 31 heavy (non-hydrogen) atoms. The summed E-state index contributed by atoms with van der Waals surface area (Å²) in [6.07, 6.45) is 0.370. The molecule has 1 aliphatic rings. The second-order valence-corrected chi connectivity index (χ2v) is 8.86. The molecule has 160 valence electrons. The molecule has 4 rings (SSSR count). The van der Waals surface area contributed by atoms with Gasteiger partial charge >= 0.3 is 0 Å². The number of hydrogen-bond donors (Lipinski definition) is 1. The Bertz CT molecular complexity index is 1120. The van der Waals surface area contributed by atoms with Crippen LogP contribution in [0.25, 0.3) is 0 Å². The molecule has 1 fully saturated rings. The van der Waals surface area contributed by atoms with Crippen molar-refractivity contribution in [3.63, 3.8) is 0 Å². The van der Waals surface area contributed by atoms with E-state index >= 15 is 0 Å². The highest BCUT2D eigenvalue weighted by molar-refractivity contribution is 7.15. The number of carbonyl (C=O) groups is 2. The van der Waals surface area contributed by atoms with Crippen molar-refractivity contribution in [3.05, 3.63) is 63.6 Å². The highest BCUT2D eigenvalue weighted by Crippen LogP contribution is 2.34. The second kappa shape index (κ2) is 9.03. The van der Waals surface area contributed by atoms with Gasteiger partial charge < -0.3 is 9.64 Å². The van der Waals surface area contributed by atoms with E-state index in [0.717, 1.165) is 16.3 Å². The first-order chi connectivity index (χ1) is 14.9. The first-order valence-corrected chi connectivity index (χ1v) is 11.0. The molecule has 3 aromatic rings. The van der Waals surface area contributed by atoms with E-state index in [1.165, 1.54) is 16.9 Å². The van der Waals surface area contributed by atoms with Crippen molar-refractivity contribution in [3.8, 4) is 5.75 Å². The fourth-order valence-corrected chi connectivity index (χ4v) is 4.28. The number of amides is 2. The molecule has 1 aliphatic heterocycles. The highest BCUT2D eigenvalue weighted by atomic mass is 35.5. The summed E-state index contributed by atoms with van der Waals surface area (Å²) in [5.74, 6) is 0.221. The van der Waals surface area contributed by atoms with Crippen LogP contribution in [0.5, 0.6) is 5.75 Å². The summed E-state index contributed by atoms with van der Waals surface area (Å²) in [4.78, 5) is 26.5. The van der Waals surface area contributed by atoms with Gasteiger partial charge in [0.25, 0.3) is 5.91 Å². The monoisotopic (exact) mass is 456 g/mol. The quantitative estimate of drug-likeness (QED) is 0.596. The van der Waals surface area contributed by atoms with Crippen LogP contribution in [0.2, 0.25) is 5.02 Å². The van der Waals surface area contributed by atoms with Gasteiger partial charge in [-0.2, -0.15) is 0 Å². The second-order valence-electron chi connectivity index (χ2n) is 7.41. The van der Waals surface area contributed by atoms with Gasteiger partial charge in [-0.1, -0.05) is 29.0 Å². The van der Waals surface area contributed by atoms with Crippen molar-refractivity contribution in [2.24, 2.45) is 0 Å². The van der Waals surface area contributed by atoms with Crippen LogP contribution < -0.4 is 15.0 Å². The topological polar surface area (TPSA) is 84.4 Å². The molecule has 1 saturated heterocycles. The van der Waals surface area contributed by atoms with E-state index < -0.39 is 0 Å². The Balaban J connectivity index is 1.35. The summed E-state index contributed by atoms with van der Waals surface area (Å²) < 4.78 is 5.43. The van der Waals surface area contributed by atoms with Crippen LogP contribution >= 0.6 is 22.9 Å². The van der Waals surface area contributed by atoms with Crippen LogP contribution in [0, 0.1) is 13.8 Å². The van der Waals surface area contributed by atoms with Crippen molar-refractivity contribution in [1.29, 1.82) is 0 Å². The van der Waals surface area contributed by atoms with Gasteiger partial charge in [0.2, 0.25) is 11.0 Å². The molecule has 9 heteroatoms. The Labute approximate surface area is 189 Å². The molecule has 7 nitrogen and oxygen atoms in total. The van der Waals surface area contributed by atoms with Crippen LogP contribution in [0.15, 0.2) is 42.5 Å². The minimum atomic E-state index is -0.336. The molecular weight excluding hydrogens is 436 g/mol. The lowest BCUT2D eigenvalue weighted by Gasteiger charge is -2.17. The summed E-state index contributed by atoms with van der Waals surface area (Å²) in [6.45, 7) is 4.47. The standard InChI is InChI=1S/C22H21ClN4O3S/c1-13-3-6-17(9-14(13)2)27-11-15(10-20(27)29)21-25-26-22(31-21)24-19(28)12-30-18-7-4-16(23)5-8-18/h3-9,15H,10-12H2,1-2H3,(H,24,26,28)/t15-/m1/s1. The number of rotatable bonds is 6. The molecule has 2 amide bonds. The summed E-state index contributed by atoms with van der Waals surface area (Å²) in [5, 5.41) is 12.6. The molecule has 1 atom stereocenters. The van der Waals surface area contributed by atoms with Gasteiger partial charge in [0.05, 0.1) is 0 Å². The lowest BCUT2D eigenvalue weighted by molar-refractivity contribution is -0.118. The lowest BCUT2D eigenvalue weighted by atomic mass is 10.1. The average Bonchev–Trinajstić information content (AvgIpc) is 3.36. The number of ether oxygens (including phenoxy) is 1. The normalized spacial score (nSPS) is 15.9. The van der Waals surface area contributed by atoms with Crippen molar-refractivity contribution in [2.75, 3.05) is 23.4 Å².